The monoisotopic (exact) mass is 417 g/mol. The number of hydrogen-bond acceptors (Lipinski definition) is 3. The number of ether oxygens (including phenoxy) is 1. The quantitative estimate of drug-likeness (QED) is 0.556. The number of carbonyl (C=O) groups is 1. The number of rotatable bonds is 4. The van der Waals surface area contributed by atoms with Gasteiger partial charge in [-0.05, 0) is 59.5 Å². The molecule has 1 aromatic rings. The molecule has 0 unspecified atom stereocenters. The Labute approximate surface area is 144 Å². The number of esters is 1. The van der Waals surface area contributed by atoms with Gasteiger partial charge in [0, 0.05) is 28.1 Å². The summed E-state index contributed by atoms with van der Waals surface area (Å²) in [5, 5.41) is 0. The van der Waals surface area contributed by atoms with Crippen molar-refractivity contribution in [1.29, 1.82) is 0 Å². The summed E-state index contributed by atoms with van der Waals surface area (Å²) in [6.07, 6.45) is 2.93. The highest BCUT2D eigenvalue weighted by Crippen LogP contribution is 2.47. The Morgan fingerprint density at radius 2 is 2.09 bits per heavy atom. The molecule has 2 saturated heterocycles. The van der Waals surface area contributed by atoms with Gasteiger partial charge in [-0.15, -0.1) is 0 Å². The SMILES string of the molecule is COC(=O)[C@H]1[C@@H](c2ccc(I)cc2)C[C@@H]2CC[C@H]1N2CCF. The van der Waals surface area contributed by atoms with Gasteiger partial charge in [0.15, 0.2) is 0 Å². The fourth-order valence-electron chi connectivity index (χ4n) is 4.27. The third-order valence-electron chi connectivity index (χ3n) is 5.18. The van der Waals surface area contributed by atoms with Crippen LogP contribution in [0.2, 0.25) is 0 Å². The van der Waals surface area contributed by atoms with Gasteiger partial charge < -0.3 is 4.74 Å². The fourth-order valence-corrected chi connectivity index (χ4v) is 4.63. The number of benzene rings is 1. The molecule has 0 radical (unpaired) electrons. The second-order valence-electron chi connectivity index (χ2n) is 6.17. The van der Waals surface area contributed by atoms with Crippen molar-refractivity contribution in [3.63, 3.8) is 0 Å². The van der Waals surface area contributed by atoms with Crippen molar-refractivity contribution in [3.05, 3.63) is 33.4 Å². The summed E-state index contributed by atoms with van der Waals surface area (Å²) in [6.45, 7) is 0.0807. The van der Waals surface area contributed by atoms with E-state index in [0.29, 0.717) is 12.6 Å². The van der Waals surface area contributed by atoms with E-state index in [-0.39, 0.29) is 30.5 Å². The Morgan fingerprint density at radius 3 is 2.73 bits per heavy atom. The lowest BCUT2D eigenvalue weighted by Gasteiger charge is -2.43. The minimum atomic E-state index is -0.352. The molecule has 2 bridgehead atoms. The first kappa shape index (κ1) is 16.2. The van der Waals surface area contributed by atoms with Crippen molar-refractivity contribution >= 4 is 28.6 Å². The van der Waals surface area contributed by atoms with Gasteiger partial charge in [0.2, 0.25) is 0 Å². The molecule has 120 valence electrons. The largest absolute Gasteiger partial charge is 0.469 e. The van der Waals surface area contributed by atoms with E-state index in [9.17, 15) is 9.18 Å². The van der Waals surface area contributed by atoms with Crippen LogP contribution < -0.4 is 0 Å². The number of fused-ring (bicyclic) bond motifs is 2. The Kier molecular flexibility index (Phi) is 5.02. The number of piperidine rings is 1. The van der Waals surface area contributed by atoms with Crippen LogP contribution in [0.25, 0.3) is 0 Å². The molecule has 0 saturated carbocycles. The van der Waals surface area contributed by atoms with E-state index < -0.39 is 0 Å². The minimum absolute atomic E-state index is 0.117. The van der Waals surface area contributed by atoms with E-state index in [4.69, 9.17) is 4.74 Å². The van der Waals surface area contributed by atoms with E-state index in [1.807, 2.05) is 0 Å². The average Bonchev–Trinajstić information content (AvgIpc) is 2.80. The molecule has 3 nitrogen and oxygen atoms in total. The van der Waals surface area contributed by atoms with Crippen LogP contribution in [0.5, 0.6) is 0 Å². The van der Waals surface area contributed by atoms with Crippen molar-refractivity contribution in [2.24, 2.45) is 5.92 Å². The van der Waals surface area contributed by atoms with Gasteiger partial charge in [0.1, 0.15) is 6.67 Å². The first-order chi connectivity index (χ1) is 10.7. The Hall–Kier alpha value is -0.690. The predicted octanol–water partition coefficient (Wildman–Crippen LogP) is 3.37. The molecular weight excluding hydrogens is 396 g/mol. The second-order valence-corrected chi connectivity index (χ2v) is 7.41. The molecule has 3 rings (SSSR count). The summed E-state index contributed by atoms with van der Waals surface area (Å²) in [6, 6.07) is 8.91. The molecule has 2 aliphatic heterocycles. The van der Waals surface area contributed by atoms with E-state index in [0.717, 1.165) is 19.3 Å². The minimum Gasteiger partial charge on any atom is -0.469 e. The topological polar surface area (TPSA) is 29.5 Å². The van der Waals surface area contributed by atoms with Crippen molar-refractivity contribution in [1.82, 2.24) is 4.90 Å². The van der Waals surface area contributed by atoms with Gasteiger partial charge in [0.25, 0.3) is 0 Å². The first-order valence-electron chi connectivity index (χ1n) is 7.80. The number of nitrogens with zero attached hydrogens (tertiary/aromatic N) is 1. The Balaban J connectivity index is 1.92. The zero-order chi connectivity index (χ0) is 15.7. The zero-order valence-electron chi connectivity index (χ0n) is 12.7. The highest BCUT2D eigenvalue weighted by molar-refractivity contribution is 14.1. The van der Waals surface area contributed by atoms with Crippen molar-refractivity contribution < 1.29 is 13.9 Å². The third kappa shape index (κ3) is 2.89. The summed E-state index contributed by atoms with van der Waals surface area (Å²) in [7, 11) is 1.45. The molecule has 1 aromatic carbocycles. The van der Waals surface area contributed by atoms with Crippen LogP contribution in [-0.2, 0) is 9.53 Å². The molecule has 2 heterocycles. The Morgan fingerprint density at radius 1 is 1.36 bits per heavy atom. The number of carbonyl (C=O) groups excluding carboxylic acids is 1. The molecule has 4 atom stereocenters. The average molecular weight is 417 g/mol. The molecule has 0 amide bonds. The van der Waals surface area contributed by atoms with E-state index >= 15 is 0 Å². The van der Waals surface area contributed by atoms with Gasteiger partial charge in [-0.25, -0.2) is 4.39 Å². The van der Waals surface area contributed by atoms with Gasteiger partial charge in [-0.2, -0.15) is 0 Å². The van der Waals surface area contributed by atoms with Gasteiger partial charge in [0.05, 0.1) is 13.0 Å². The highest BCUT2D eigenvalue weighted by atomic mass is 127. The standard InChI is InChI=1S/C17H21FINO2/c1-22-17(21)16-14(11-2-4-12(19)5-3-11)10-13-6-7-15(16)20(13)9-8-18/h2-5,13-16H,6-10H2,1H3/t13-,14+,15+,16-/m0/s1. The smallest absolute Gasteiger partial charge is 0.310 e. The third-order valence-corrected chi connectivity index (χ3v) is 5.90. The van der Waals surface area contributed by atoms with Crippen LogP contribution in [0, 0.1) is 9.49 Å². The summed E-state index contributed by atoms with van der Waals surface area (Å²) < 4.78 is 19.1. The number of alkyl halides is 1. The summed E-state index contributed by atoms with van der Waals surface area (Å²) in [5.74, 6) is -0.161. The van der Waals surface area contributed by atoms with Crippen LogP contribution in [0.15, 0.2) is 24.3 Å². The maximum absolute atomic E-state index is 12.9. The number of hydrogen-bond donors (Lipinski definition) is 0. The molecular formula is C17H21FINO2. The number of halogens is 2. The molecule has 0 aliphatic carbocycles. The van der Waals surface area contributed by atoms with Crippen LogP contribution in [-0.4, -0.2) is 43.3 Å². The van der Waals surface area contributed by atoms with Crippen molar-refractivity contribution in [3.8, 4) is 0 Å². The van der Waals surface area contributed by atoms with Gasteiger partial charge >= 0.3 is 5.97 Å². The normalized spacial score (nSPS) is 31.2. The molecule has 0 aromatic heterocycles. The predicted molar refractivity (Wildman–Crippen MR) is 91.5 cm³/mol. The first-order valence-corrected chi connectivity index (χ1v) is 8.88. The lowest BCUT2D eigenvalue weighted by Crippen LogP contribution is -2.51. The van der Waals surface area contributed by atoms with Gasteiger partial charge in [-0.1, -0.05) is 12.1 Å². The summed E-state index contributed by atoms with van der Waals surface area (Å²) in [5.41, 5.74) is 1.20. The van der Waals surface area contributed by atoms with E-state index in [2.05, 4.69) is 51.8 Å². The maximum Gasteiger partial charge on any atom is 0.310 e. The van der Waals surface area contributed by atoms with Crippen LogP contribution in [0.3, 0.4) is 0 Å². The second kappa shape index (κ2) is 6.83. The summed E-state index contributed by atoms with van der Waals surface area (Å²) in [4.78, 5) is 14.6. The van der Waals surface area contributed by atoms with Crippen LogP contribution >= 0.6 is 22.6 Å². The molecule has 2 aliphatic rings. The lowest BCUT2D eigenvalue weighted by atomic mass is 9.76. The van der Waals surface area contributed by atoms with Crippen LogP contribution in [0.4, 0.5) is 4.39 Å². The molecule has 22 heavy (non-hydrogen) atoms. The van der Waals surface area contributed by atoms with Crippen molar-refractivity contribution in [2.75, 3.05) is 20.3 Å². The highest BCUT2D eigenvalue weighted by Gasteiger charge is 2.50. The molecule has 0 N–H and O–H groups in total. The fraction of sp³-hybridized carbons (Fsp3) is 0.588. The lowest BCUT2D eigenvalue weighted by molar-refractivity contribution is -0.150. The van der Waals surface area contributed by atoms with E-state index in [1.54, 1.807) is 0 Å². The van der Waals surface area contributed by atoms with E-state index in [1.165, 1.54) is 16.2 Å². The Bertz CT molecular complexity index is 536. The number of methoxy groups -OCH3 is 1. The molecule has 0 spiro atoms. The zero-order valence-corrected chi connectivity index (χ0v) is 14.8. The molecule has 2 fully saturated rings. The van der Waals surface area contributed by atoms with Crippen LogP contribution in [0.1, 0.15) is 30.7 Å². The maximum atomic E-state index is 12.9. The summed E-state index contributed by atoms with van der Waals surface area (Å²) >= 11 is 2.29. The van der Waals surface area contributed by atoms with Gasteiger partial charge in [-0.3, -0.25) is 9.69 Å². The van der Waals surface area contributed by atoms with Crippen molar-refractivity contribution in [2.45, 2.75) is 37.3 Å². The molecule has 5 heteroatoms.